The monoisotopic (exact) mass is 516 g/mol. The number of nitrogens with zero attached hydrogens (tertiary/aromatic N) is 4. The maximum atomic E-state index is 12.7. The summed E-state index contributed by atoms with van der Waals surface area (Å²) in [5, 5.41) is 1.06. The molecule has 11 nitrogen and oxygen atoms in total. The lowest BCUT2D eigenvalue weighted by Gasteiger charge is -2.32. The minimum Gasteiger partial charge on any atom is -0.460 e. The first-order chi connectivity index (χ1) is 17.4. The second kappa shape index (κ2) is 13.4. The minimum absolute atomic E-state index is 0.00547. The summed E-state index contributed by atoms with van der Waals surface area (Å²) < 4.78 is 46.8. The molecule has 1 saturated heterocycles. The van der Waals surface area contributed by atoms with Crippen molar-refractivity contribution < 1.29 is 32.2 Å². The molecule has 1 amide bonds. The summed E-state index contributed by atoms with van der Waals surface area (Å²) in [5.41, 5.74) is 0.728. The van der Waals surface area contributed by atoms with Crippen LogP contribution in [0, 0.1) is 0 Å². The van der Waals surface area contributed by atoms with Crippen LogP contribution >= 0.6 is 0 Å². The molecule has 1 atom stereocenters. The molecule has 0 saturated carbocycles. The SMILES string of the molecule is C=CCOc1nc(OCC=C)nc(OCC2CN(C(=O)CS(=O)(=O)/C=C/c3ccccc3)CCO2)n1. The van der Waals surface area contributed by atoms with E-state index in [9.17, 15) is 13.2 Å². The van der Waals surface area contributed by atoms with Gasteiger partial charge in [-0.25, -0.2) is 8.42 Å². The minimum atomic E-state index is -3.74. The molecule has 0 N–H and O–H groups in total. The zero-order valence-corrected chi connectivity index (χ0v) is 20.5. The zero-order valence-electron chi connectivity index (χ0n) is 19.7. The van der Waals surface area contributed by atoms with E-state index in [2.05, 4.69) is 28.1 Å². The molecule has 0 radical (unpaired) electrons. The number of sulfone groups is 1. The maximum absolute atomic E-state index is 12.7. The Morgan fingerprint density at radius 3 is 2.25 bits per heavy atom. The highest BCUT2D eigenvalue weighted by Crippen LogP contribution is 2.16. The molecule has 1 aliphatic rings. The molecule has 1 aromatic carbocycles. The summed E-state index contributed by atoms with van der Waals surface area (Å²) >= 11 is 0. The Morgan fingerprint density at radius 2 is 1.64 bits per heavy atom. The smallest absolute Gasteiger partial charge is 0.326 e. The van der Waals surface area contributed by atoms with Crippen LogP contribution in [0.5, 0.6) is 18.0 Å². The van der Waals surface area contributed by atoms with Crippen molar-refractivity contribution in [2.24, 2.45) is 0 Å². The number of hydrogen-bond donors (Lipinski definition) is 0. The molecule has 192 valence electrons. The molecule has 1 aliphatic heterocycles. The molecule has 1 unspecified atom stereocenters. The summed E-state index contributed by atoms with van der Waals surface area (Å²) in [6.07, 6.45) is 4.02. The Kier molecular flexibility index (Phi) is 9.95. The standard InChI is InChI=1S/C24H28N4O7S/c1-3-12-33-22-25-23(34-13-4-2)27-24(26-22)35-17-20-16-28(11-14-32-20)21(29)18-36(30,31)15-10-19-8-6-5-7-9-19/h3-10,15,20H,1-2,11-14,16-18H2/b15-10+. The quantitative estimate of drug-likeness (QED) is 0.363. The fraction of sp³-hybridized carbons (Fsp3) is 0.333. The van der Waals surface area contributed by atoms with Gasteiger partial charge in [0.1, 0.15) is 31.7 Å². The van der Waals surface area contributed by atoms with Crippen molar-refractivity contribution in [3.05, 3.63) is 66.6 Å². The van der Waals surface area contributed by atoms with E-state index in [-0.39, 0.29) is 57.5 Å². The summed E-state index contributed by atoms with van der Waals surface area (Å²) in [4.78, 5) is 26.3. The molecule has 0 spiro atoms. The predicted molar refractivity (Wildman–Crippen MR) is 132 cm³/mol. The van der Waals surface area contributed by atoms with Crippen molar-refractivity contribution in [2.75, 3.05) is 45.3 Å². The van der Waals surface area contributed by atoms with Gasteiger partial charge in [-0.2, -0.15) is 0 Å². The first kappa shape index (κ1) is 26.8. The van der Waals surface area contributed by atoms with E-state index in [0.29, 0.717) is 0 Å². The van der Waals surface area contributed by atoms with Crippen LogP contribution in [0.25, 0.3) is 6.08 Å². The van der Waals surface area contributed by atoms with Crippen molar-refractivity contribution >= 4 is 21.8 Å². The van der Waals surface area contributed by atoms with Crippen LogP contribution in [0.1, 0.15) is 5.56 Å². The van der Waals surface area contributed by atoms with Gasteiger partial charge < -0.3 is 23.8 Å². The maximum Gasteiger partial charge on any atom is 0.326 e. The number of carbonyl (C=O) groups is 1. The zero-order chi connectivity index (χ0) is 25.8. The molecular weight excluding hydrogens is 488 g/mol. The van der Waals surface area contributed by atoms with Crippen LogP contribution in [-0.4, -0.2) is 85.6 Å². The van der Waals surface area contributed by atoms with Gasteiger partial charge in [-0.1, -0.05) is 55.6 Å². The van der Waals surface area contributed by atoms with Gasteiger partial charge in [0.2, 0.25) is 5.91 Å². The third kappa shape index (κ3) is 8.78. The van der Waals surface area contributed by atoms with Gasteiger partial charge in [0.25, 0.3) is 0 Å². The fourth-order valence-electron chi connectivity index (χ4n) is 3.05. The topological polar surface area (TPSA) is 130 Å². The van der Waals surface area contributed by atoms with Gasteiger partial charge >= 0.3 is 18.0 Å². The van der Waals surface area contributed by atoms with Gasteiger partial charge in [-0.05, 0) is 11.6 Å². The highest BCUT2D eigenvalue weighted by Gasteiger charge is 2.27. The Labute approximate surface area is 210 Å². The molecule has 2 heterocycles. The van der Waals surface area contributed by atoms with E-state index in [1.165, 1.54) is 23.1 Å². The van der Waals surface area contributed by atoms with Gasteiger partial charge in [0.15, 0.2) is 9.84 Å². The number of ether oxygens (including phenoxy) is 4. The second-order valence-electron chi connectivity index (χ2n) is 7.55. The van der Waals surface area contributed by atoms with Gasteiger partial charge in [0, 0.05) is 12.0 Å². The van der Waals surface area contributed by atoms with E-state index < -0.39 is 27.6 Å². The number of aromatic nitrogens is 3. The van der Waals surface area contributed by atoms with Crippen LogP contribution in [0.4, 0.5) is 0 Å². The lowest BCUT2D eigenvalue weighted by atomic mass is 10.2. The number of benzene rings is 1. The highest BCUT2D eigenvalue weighted by atomic mass is 32.2. The highest BCUT2D eigenvalue weighted by molar-refractivity contribution is 7.95. The summed E-state index contributed by atoms with van der Waals surface area (Å²) in [6, 6.07) is 8.92. The van der Waals surface area contributed by atoms with E-state index in [0.717, 1.165) is 11.0 Å². The molecule has 12 heteroatoms. The lowest BCUT2D eigenvalue weighted by Crippen LogP contribution is -2.49. The first-order valence-corrected chi connectivity index (χ1v) is 12.8. The fourth-order valence-corrected chi connectivity index (χ4v) is 4.04. The third-order valence-electron chi connectivity index (χ3n) is 4.72. The van der Waals surface area contributed by atoms with E-state index in [1.54, 1.807) is 24.3 Å². The Balaban J connectivity index is 1.56. The van der Waals surface area contributed by atoms with Crippen molar-refractivity contribution in [3.8, 4) is 18.0 Å². The van der Waals surface area contributed by atoms with Crippen molar-refractivity contribution in [3.63, 3.8) is 0 Å². The molecule has 3 rings (SSSR count). The Morgan fingerprint density at radius 1 is 1.03 bits per heavy atom. The third-order valence-corrected chi connectivity index (χ3v) is 5.92. The van der Waals surface area contributed by atoms with Crippen molar-refractivity contribution in [1.29, 1.82) is 0 Å². The van der Waals surface area contributed by atoms with Gasteiger partial charge in [0.05, 0.1) is 13.2 Å². The molecule has 36 heavy (non-hydrogen) atoms. The average molecular weight is 517 g/mol. The van der Waals surface area contributed by atoms with E-state index >= 15 is 0 Å². The van der Waals surface area contributed by atoms with E-state index in [4.69, 9.17) is 18.9 Å². The summed E-state index contributed by atoms with van der Waals surface area (Å²) in [7, 11) is -3.74. The van der Waals surface area contributed by atoms with Crippen LogP contribution in [0.2, 0.25) is 0 Å². The summed E-state index contributed by atoms with van der Waals surface area (Å²) in [5.74, 6) is -1.15. The largest absolute Gasteiger partial charge is 0.460 e. The molecule has 0 bridgehead atoms. The lowest BCUT2D eigenvalue weighted by molar-refractivity contribution is -0.137. The van der Waals surface area contributed by atoms with Crippen LogP contribution in [0.15, 0.2) is 61.0 Å². The van der Waals surface area contributed by atoms with Crippen LogP contribution < -0.4 is 14.2 Å². The normalized spacial score (nSPS) is 15.9. The molecule has 1 fully saturated rings. The van der Waals surface area contributed by atoms with Crippen LogP contribution in [0.3, 0.4) is 0 Å². The summed E-state index contributed by atoms with van der Waals surface area (Å²) in [6.45, 7) is 8.18. The average Bonchev–Trinajstić information content (AvgIpc) is 2.89. The van der Waals surface area contributed by atoms with Crippen molar-refractivity contribution in [2.45, 2.75) is 6.10 Å². The van der Waals surface area contributed by atoms with Crippen molar-refractivity contribution in [1.82, 2.24) is 19.9 Å². The van der Waals surface area contributed by atoms with Crippen LogP contribution in [-0.2, 0) is 19.4 Å². The molecule has 1 aromatic heterocycles. The number of amides is 1. The molecular formula is C24H28N4O7S. The Bertz CT molecular complexity index is 1140. The number of hydrogen-bond acceptors (Lipinski definition) is 10. The Hall–Kier alpha value is -3.77. The predicted octanol–water partition coefficient (Wildman–Crippen LogP) is 1.69. The molecule has 0 aliphatic carbocycles. The number of rotatable bonds is 13. The number of carbonyl (C=O) groups excluding carboxylic acids is 1. The number of morpholine rings is 1. The molecule has 2 aromatic rings. The van der Waals surface area contributed by atoms with Gasteiger partial charge in [-0.15, -0.1) is 15.0 Å². The first-order valence-electron chi connectivity index (χ1n) is 11.1. The van der Waals surface area contributed by atoms with Gasteiger partial charge in [-0.3, -0.25) is 4.79 Å². The van der Waals surface area contributed by atoms with E-state index in [1.807, 2.05) is 6.07 Å². The second-order valence-corrected chi connectivity index (χ2v) is 9.43.